The summed E-state index contributed by atoms with van der Waals surface area (Å²) in [6, 6.07) is 0.290. The lowest BCUT2D eigenvalue weighted by molar-refractivity contribution is 0.187. The van der Waals surface area contributed by atoms with Crippen LogP contribution in [0.3, 0.4) is 0 Å². The zero-order chi connectivity index (χ0) is 46.7. The lowest BCUT2D eigenvalue weighted by atomic mass is 10.0. The predicted molar refractivity (Wildman–Crippen MR) is 288 cm³/mol. The molecule has 0 spiro atoms. The molecule has 0 saturated heterocycles. The SMILES string of the molecule is C=C(NCCN(CCCCCCCCCCCCCCCCCC)CCCCCCCCCCCCCCCCCC)C(CCCN(CCCN)CCCN)N(CCCN)CCCN. The number of hydrogen-bond acceptors (Lipinski definition) is 8. The summed E-state index contributed by atoms with van der Waals surface area (Å²) in [6.07, 6.45) is 51.9. The van der Waals surface area contributed by atoms with Crippen molar-refractivity contribution in [1.82, 2.24) is 20.0 Å². The monoisotopic (exact) mass is 905 g/mol. The number of nitrogens with two attached hydrogens (primary N) is 4. The zero-order valence-electron chi connectivity index (χ0n) is 44.0. The summed E-state index contributed by atoms with van der Waals surface area (Å²) in [5, 5.41) is 3.88. The second-order valence-corrected chi connectivity index (χ2v) is 20.0. The van der Waals surface area contributed by atoms with Crippen LogP contribution < -0.4 is 28.3 Å². The molecule has 0 bridgehead atoms. The molecule has 0 fully saturated rings. The van der Waals surface area contributed by atoms with Crippen LogP contribution in [0.4, 0.5) is 0 Å². The smallest absolute Gasteiger partial charge is 0.0489 e. The first kappa shape index (κ1) is 63.3. The second-order valence-electron chi connectivity index (χ2n) is 20.0. The zero-order valence-corrected chi connectivity index (χ0v) is 44.0. The molecule has 0 aromatic rings. The molecule has 8 nitrogen and oxygen atoms in total. The molecule has 0 aromatic carbocycles. The normalized spacial score (nSPS) is 12.4. The molecule has 0 radical (unpaired) electrons. The summed E-state index contributed by atoms with van der Waals surface area (Å²) in [4.78, 5) is 7.95. The van der Waals surface area contributed by atoms with Gasteiger partial charge in [-0.3, -0.25) is 4.90 Å². The maximum atomic E-state index is 6.04. The predicted octanol–water partition coefficient (Wildman–Crippen LogP) is 13.1. The summed E-state index contributed by atoms with van der Waals surface area (Å²) in [5.74, 6) is 0. The van der Waals surface area contributed by atoms with Crippen LogP contribution in [0.15, 0.2) is 12.3 Å². The van der Waals surface area contributed by atoms with E-state index in [0.717, 1.165) is 97.4 Å². The Kier molecular flexibility index (Phi) is 52.6. The summed E-state index contributed by atoms with van der Waals surface area (Å²) < 4.78 is 0. The standard InChI is InChI=1S/C56H120N8/c1-4-6-8-10-12-14-16-18-20-22-24-26-28-30-32-34-47-63(48-35-33-31-29-27-25-23-21-19-17-15-13-11-9-7-5-2)54-46-61-55(3)56(64(52-39-44-59)53-40-45-60)41-36-49-62(50-37-42-57)51-38-43-58/h56,61H,3-54,57-60H2,1-2H3. The molecular formula is C56H120N8. The van der Waals surface area contributed by atoms with Gasteiger partial charge in [0.25, 0.3) is 0 Å². The summed E-state index contributed by atoms with van der Waals surface area (Å²) in [7, 11) is 0. The molecule has 0 aliphatic carbocycles. The van der Waals surface area contributed by atoms with Crippen molar-refractivity contribution in [3.8, 4) is 0 Å². The van der Waals surface area contributed by atoms with Crippen molar-refractivity contribution in [2.45, 2.75) is 264 Å². The van der Waals surface area contributed by atoms with E-state index in [9.17, 15) is 0 Å². The van der Waals surface area contributed by atoms with Gasteiger partial charge >= 0.3 is 0 Å². The van der Waals surface area contributed by atoms with Gasteiger partial charge in [-0.15, -0.1) is 0 Å². The van der Waals surface area contributed by atoms with Crippen molar-refractivity contribution in [3.05, 3.63) is 12.3 Å². The topological polar surface area (TPSA) is 126 Å². The van der Waals surface area contributed by atoms with Gasteiger partial charge in [0.2, 0.25) is 0 Å². The van der Waals surface area contributed by atoms with E-state index in [2.05, 4.69) is 33.9 Å². The van der Waals surface area contributed by atoms with Crippen LogP contribution in [0, 0.1) is 0 Å². The fraction of sp³-hybridized carbons (Fsp3) is 0.964. The summed E-state index contributed by atoms with van der Waals surface area (Å²) in [5.41, 5.74) is 25.0. The first-order valence-corrected chi connectivity index (χ1v) is 29.0. The van der Waals surface area contributed by atoms with Gasteiger partial charge in [0.15, 0.2) is 0 Å². The highest BCUT2D eigenvalue weighted by Gasteiger charge is 2.21. The van der Waals surface area contributed by atoms with E-state index < -0.39 is 0 Å². The van der Waals surface area contributed by atoms with Crippen molar-refractivity contribution in [2.24, 2.45) is 22.9 Å². The molecule has 0 aliphatic heterocycles. The Hall–Kier alpha value is -0.740. The maximum Gasteiger partial charge on any atom is 0.0489 e. The van der Waals surface area contributed by atoms with Crippen LogP contribution in [0.1, 0.15) is 258 Å². The van der Waals surface area contributed by atoms with Crippen molar-refractivity contribution in [2.75, 3.05) is 85.1 Å². The van der Waals surface area contributed by atoms with Crippen LogP contribution in [0.25, 0.3) is 0 Å². The molecule has 8 heteroatoms. The van der Waals surface area contributed by atoms with Crippen molar-refractivity contribution in [3.63, 3.8) is 0 Å². The second kappa shape index (κ2) is 53.2. The van der Waals surface area contributed by atoms with E-state index in [4.69, 9.17) is 29.5 Å². The molecule has 0 amide bonds. The summed E-state index contributed by atoms with van der Waals surface area (Å²) >= 11 is 0. The minimum atomic E-state index is 0.290. The van der Waals surface area contributed by atoms with E-state index in [0.29, 0.717) is 13.1 Å². The number of nitrogens with zero attached hydrogens (tertiary/aromatic N) is 3. The molecular weight excluding hydrogens is 785 g/mol. The molecule has 0 aliphatic rings. The molecule has 0 rings (SSSR count). The van der Waals surface area contributed by atoms with Crippen LogP contribution in [-0.2, 0) is 0 Å². The number of nitrogens with one attached hydrogen (secondary N) is 1. The number of rotatable bonds is 56. The Morgan fingerprint density at radius 2 is 0.609 bits per heavy atom. The lowest BCUT2D eigenvalue weighted by Gasteiger charge is -2.35. The Balaban J connectivity index is 4.96. The fourth-order valence-electron chi connectivity index (χ4n) is 9.66. The molecule has 0 aromatic heterocycles. The quantitative estimate of drug-likeness (QED) is 0.0382. The maximum absolute atomic E-state index is 6.04. The van der Waals surface area contributed by atoms with Crippen LogP contribution >= 0.6 is 0 Å². The third-order valence-corrected chi connectivity index (χ3v) is 13.9. The Bertz CT molecular complexity index is 837. The van der Waals surface area contributed by atoms with Gasteiger partial charge in [-0.25, -0.2) is 0 Å². The van der Waals surface area contributed by atoms with Crippen molar-refractivity contribution < 1.29 is 0 Å². The van der Waals surface area contributed by atoms with Gasteiger partial charge in [0, 0.05) is 37.9 Å². The molecule has 0 heterocycles. The van der Waals surface area contributed by atoms with Crippen LogP contribution in [0.2, 0.25) is 0 Å². The Morgan fingerprint density at radius 1 is 0.344 bits per heavy atom. The molecule has 64 heavy (non-hydrogen) atoms. The fourth-order valence-corrected chi connectivity index (χ4v) is 9.66. The Morgan fingerprint density at radius 3 is 0.938 bits per heavy atom. The van der Waals surface area contributed by atoms with Gasteiger partial charge in [-0.2, -0.15) is 0 Å². The molecule has 1 atom stereocenters. The van der Waals surface area contributed by atoms with E-state index in [-0.39, 0.29) is 6.04 Å². The third kappa shape index (κ3) is 43.8. The highest BCUT2D eigenvalue weighted by atomic mass is 15.2. The van der Waals surface area contributed by atoms with Crippen molar-refractivity contribution in [1.29, 1.82) is 0 Å². The molecule has 1 unspecified atom stereocenters. The molecule has 9 N–H and O–H groups in total. The van der Waals surface area contributed by atoms with Gasteiger partial charge in [-0.05, 0) is 110 Å². The largest absolute Gasteiger partial charge is 0.386 e. The molecule has 384 valence electrons. The van der Waals surface area contributed by atoms with Crippen LogP contribution in [-0.4, -0.2) is 106 Å². The highest BCUT2D eigenvalue weighted by molar-refractivity contribution is 5.04. The van der Waals surface area contributed by atoms with Gasteiger partial charge < -0.3 is 38.1 Å². The minimum absolute atomic E-state index is 0.290. The first-order chi connectivity index (χ1) is 31.6. The Labute approximate surface area is 402 Å². The minimum Gasteiger partial charge on any atom is -0.386 e. The van der Waals surface area contributed by atoms with Crippen LogP contribution in [0.5, 0.6) is 0 Å². The van der Waals surface area contributed by atoms with Crippen molar-refractivity contribution >= 4 is 0 Å². The third-order valence-electron chi connectivity index (χ3n) is 13.9. The van der Waals surface area contributed by atoms with Gasteiger partial charge in [-0.1, -0.05) is 213 Å². The first-order valence-electron chi connectivity index (χ1n) is 29.0. The summed E-state index contributed by atoms with van der Waals surface area (Å²) in [6.45, 7) is 21.9. The van der Waals surface area contributed by atoms with E-state index in [1.807, 2.05) is 0 Å². The van der Waals surface area contributed by atoms with E-state index in [1.165, 1.54) is 224 Å². The number of unbranched alkanes of at least 4 members (excludes halogenated alkanes) is 30. The molecule has 0 saturated carbocycles. The van der Waals surface area contributed by atoms with E-state index >= 15 is 0 Å². The van der Waals surface area contributed by atoms with Gasteiger partial charge in [0.05, 0.1) is 0 Å². The average Bonchev–Trinajstić information content (AvgIpc) is 3.30. The number of hydrogen-bond donors (Lipinski definition) is 5. The van der Waals surface area contributed by atoms with Gasteiger partial charge in [0.1, 0.15) is 0 Å². The highest BCUT2D eigenvalue weighted by Crippen LogP contribution is 2.18. The van der Waals surface area contributed by atoms with E-state index in [1.54, 1.807) is 0 Å². The average molecular weight is 906 g/mol. The lowest BCUT2D eigenvalue weighted by Crippen LogP contribution is -2.44.